The Morgan fingerprint density at radius 3 is 2.83 bits per heavy atom. The van der Waals surface area contributed by atoms with Gasteiger partial charge in [0.15, 0.2) is 0 Å². The minimum absolute atomic E-state index is 0.00312. The van der Waals surface area contributed by atoms with Crippen molar-refractivity contribution in [1.29, 1.82) is 0 Å². The van der Waals surface area contributed by atoms with Crippen molar-refractivity contribution in [3.05, 3.63) is 45.9 Å². The van der Waals surface area contributed by atoms with Gasteiger partial charge in [-0.05, 0) is 38.7 Å². The maximum absolute atomic E-state index is 12.7. The molecule has 0 spiro atoms. The van der Waals surface area contributed by atoms with E-state index in [1.165, 1.54) is 5.57 Å². The molecule has 2 amide bonds. The lowest BCUT2D eigenvalue weighted by Gasteiger charge is -2.47. The second kappa shape index (κ2) is 8.14. The number of pyridine rings is 1. The summed E-state index contributed by atoms with van der Waals surface area (Å²) in [6.45, 7) is 7.42. The van der Waals surface area contributed by atoms with Gasteiger partial charge in [-0.15, -0.1) is 0 Å². The molecule has 3 aliphatic rings. The van der Waals surface area contributed by atoms with Crippen molar-refractivity contribution >= 4 is 11.8 Å². The Morgan fingerprint density at radius 2 is 2.10 bits per heavy atom. The van der Waals surface area contributed by atoms with Gasteiger partial charge in [-0.1, -0.05) is 17.7 Å². The molecular weight excluding hydrogens is 368 g/mol. The number of carbonyl (C=O) groups excluding carboxylic acids is 2. The first-order valence-electron chi connectivity index (χ1n) is 10.6. The van der Waals surface area contributed by atoms with Crippen molar-refractivity contribution in [2.75, 3.05) is 26.2 Å². The van der Waals surface area contributed by atoms with Crippen LogP contribution in [0, 0.1) is 5.92 Å². The van der Waals surface area contributed by atoms with Crippen LogP contribution in [0.5, 0.6) is 0 Å². The Kier molecular flexibility index (Phi) is 5.58. The summed E-state index contributed by atoms with van der Waals surface area (Å²) in [5.74, 6) is 0.426. The number of hydrogen-bond acceptors (Lipinski definition) is 4. The summed E-state index contributed by atoms with van der Waals surface area (Å²) >= 11 is 0. The minimum Gasteiger partial charge on any atom is -0.352 e. The lowest BCUT2D eigenvalue weighted by Crippen LogP contribution is -2.53. The van der Waals surface area contributed by atoms with Crippen molar-refractivity contribution in [1.82, 2.24) is 20.1 Å². The molecule has 1 aromatic heterocycles. The monoisotopic (exact) mass is 398 g/mol. The molecule has 0 radical (unpaired) electrons. The molecule has 0 aromatic carbocycles. The van der Waals surface area contributed by atoms with Crippen LogP contribution in [0.3, 0.4) is 0 Å². The van der Waals surface area contributed by atoms with Crippen molar-refractivity contribution in [3.63, 3.8) is 0 Å². The van der Waals surface area contributed by atoms with E-state index in [-0.39, 0.29) is 23.4 Å². The largest absolute Gasteiger partial charge is 0.352 e. The van der Waals surface area contributed by atoms with E-state index in [2.05, 4.69) is 41.5 Å². The number of aromatic nitrogens is 1. The lowest BCUT2D eigenvalue weighted by atomic mass is 9.78. The topological polar surface area (TPSA) is 83.4 Å². The predicted molar refractivity (Wildman–Crippen MR) is 111 cm³/mol. The maximum Gasteiger partial charge on any atom is 0.251 e. The molecule has 29 heavy (non-hydrogen) atoms. The van der Waals surface area contributed by atoms with E-state index in [1.54, 1.807) is 6.07 Å². The van der Waals surface area contributed by atoms with Crippen molar-refractivity contribution in [3.8, 4) is 0 Å². The molecule has 2 N–H and O–H groups in total. The summed E-state index contributed by atoms with van der Waals surface area (Å²) in [6.07, 6.45) is 4.22. The van der Waals surface area contributed by atoms with Gasteiger partial charge in [-0.25, -0.2) is 0 Å². The standard InChI is InChI=1S/C22H30N4O3/c1-14(2)8-9-25-12-15-10-16(13-25)19(26-18(15)4-3-5-21(26)28)11-23-22(29)17-6-7-20(27)24-17/h3-5,8,15-17,19H,6-7,9-13H2,1-2H3,(H,23,29)(H,24,27)/t15-,16+,17+,19+/m1/s1. The highest BCUT2D eigenvalue weighted by Crippen LogP contribution is 2.40. The summed E-state index contributed by atoms with van der Waals surface area (Å²) in [5, 5.41) is 5.72. The highest BCUT2D eigenvalue weighted by molar-refractivity contribution is 5.90. The van der Waals surface area contributed by atoms with Crippen molar-refractivity contribution < 1.29 is 9.59 Å². The quantitative estimate of drug-likeness (QED) is 0.730. The molecule has 7 nitrogen and oxygen atoms in total. The molecule has 4 rings (SSSR count). The second-order valence-electron chi connectivity index (χ2n) is 8.82. The molecule has 2 fully saturated rings. The Labute approximate surface area is 171 Å². The average molecular weight is 399 g/mol. The van der Waals surface area contributed by atoms with Crippen LogP contribution in [0.15, 0.2) is 34.6 Å². The van der Waals surface area contributed by atoms with Crippen LogP contribution in [0.1, 0.15) is 50.8 Å². The van der Waals surface area contributed by atoms with Gasteiger partial charge in [0.25, 0.3) is 5.56 Å². The molecule has 0 aliphatic carbocycles. The molecule has 0 saturated carbocycles. The van der Waals surface area contributed by atoms with E-state index in [0.29, 0.717) is 31.2 Å². The summed E-state index contributed by atoms with van der Waals surface area (Å²) in [4.78, 5) is 39.1. The van der Waals surface area contributed by atoms with E-state index >= 15 is 0 Å². The highest BCUT2D eigenvalue weighted by atomic mass is 16.2. The van der Waals surface area contributed by atoms with Gasteiger partial charge >= 0.3 is 0 Å². The van der Waals surface area contributed by atoms with E-state index in [9.17, 15) is 14.4 Å². The summed E-state index contributed by atoms with van der Waals surface area (Å²) in [6, 6.07) is 4.99. The number of allylic oxidation sites excluding steroid dienone is 1. The number of carbonyl (C=O) groups is 2. The van der Waals surface area contributed by atoms with E-state index in [0.717, 1.165) is 31.7 Å². The van der Waals surface area contributed by atoms with Crippen molar-refractivity contribution in [2.24, 2.45) is 5.92 Å². The third kappa shape index (κ3) is 4.15. The number of piperidine rings is 1. The first-order chi connectivity index (χ1) is 13.9. The van der Waals surface area contributed by atoms with Crippen LogP contribution in [0.4, 0.5) is 0 Å². The number of amides is 2. The van der Waals surface area contributed by atoms with Crippen LogP contribution in [-0.4, -0.2) is 53.5 Å². The lowest BCUT2D eigenvalue weighted by molar-refractivity contribution is -0.126. The van der Waals surface area contributed by atoms with E-state index in [4.69, 9.17) is 0 Å². The summed E-state index contributed by atoms with van der Waals surface area (Å²) < 4.78 is 1.91. The number of fused-ring (bicyclic) bond motifs is 4. The first kappa shape index (κ1) is 19.9. The van der Waals surface area contributed by atoms with Crippen LogP contribution >= 0.6 is 0 Å². The van der Waals surface area contributed by atoms with Crippen LogP contribution < -0.4 is 16.2 Å². The smallest absolute Gasteiger partial charge is 0.251 e. The van der Waals surface area contributed by atoms with Crippen LogP contribution in [-0.2, 0) is 9.59 Å². The number of hydrogen-bond donors (Lipinski definition) is 2. The molecule has 3 aliphatic heterocycles. The molecule has 4 atom stereocenters. The van der Waals surface area contributed by atoms with E-state index < -0.39 is 6.04 Å². The van der Waals surface area contributed by atoms with Gasteiger partial charge in [0, 0.05) is 50.3 Å². The summed E-state index contributed by atoms with van der Waals surface area (Å²) in [7, 11) is 0. The van der Waals surface area contributed by atoms with Crippen molar-refractivity contribution in [2.45, 2.75) is 51.1 Å². The van der Waals surface area contributed by atoms with Crippen LogP contribution in [0.2, 0.25) is 0 Å². The molecule has 2 saturated heterocycles. The zero-order chi connectivity index (χ0) is 20.5. The Bertz CT molecular complexity index is 886. The van der Waals surface area contributed by atoms with Gasteiger partial charge < -0.3 is 15.2 Å². The fourth-order valence-electron chi connectivity index (χ4n) is 5.00. The Hall–Kier alpha value is -2.41. The summed E-state index contributed by atoms with van der Waals surface area (Å²) in [5.41, 5.74) is 2.38. The number of nitrogens with zero attached hydrogens (tertiary/aromatic N) is 2. The normalized spacial score (nSPS) is 28.4. The fourth-order valence-corrected chi connectivity index (χ4v) is 5.00. The zero-order valence-electron chi connectivity index (χ0n) is 17.2. The van der Waals surface area contributed by atoms with Gasteiger partial charge in [0.05, 0.1) is 6.04 Å². The van der Waals surface area contributed by atoms with Gasteiger partial charge in [-0.3, -0.25) is 19.3 Å². The molecule has 1 aromatic rings. The third-order valence-electron chi connectivity index (χ3n) is 6.43. The minimum atomic E-state index is -0.452. The Morgan fingerprint density at radius 1 is 1.28 bits per heavy atom. The fraction of sp³-hybridized carbons (Fsp3) is 0.591. The van der Waals surface area contributed by atoms with Gasteiger partial charge in [0.2, 0.25) is 11.8 Å². The first-order valence-corrected chi connectivity index (χ1v) is 10.6. The third-order valence-corrected chi connectivity index (χ3v) is 6.43. The number of likely N-dealkylation sites (tertiary alicyclic amines) is 1. The number of nitrogens with one attached hydrogen (secondary N) is 2. The maximum atomic E-state index is 12.7. The molecule has 7 heteroatoms. The van der Waals surface area contributed by atoms with Gasteiger partial charge in [0.1, 0.15) is 6.04 Å². The zero-order valence-corrected chi connectivity index (χ0v) is 17.2. The SMILES string of the molecule is CC(C)=CCN1C[C@H]2C[C@@H](C1)[C@H](CNC(=O)[C@@H]1CCC(=O)N1)n1c2cccc1=O. The molecular formula is C22H30N4O3. The van der Waals surface area contributed by atoms with Crippen LogP contribution in [0.25, 0.3) is 0 Å². The molecule has 2 bridgehead atoms. The molecule has 0 unspecified atom stereocenters. The Balaban J connectivity index is 1.54. The number of rotatable bonds is 5. The van der Waals surface area contributed by atoms with Gasteiger partial charge in [-0.2, -0.15) is 0 Å². The average Bonchev–Trinajstić information content (AvgIpc) is 3.13. The molecule has 156 valence electrons. The predicted octanol–water partition coefficient (Wildman–Crippen LogP) is 1.17. The second-order valence-corrected chi connectivity index (χ2v) is 8.82. The molecule has 4 heterocycles. The van der Waals surface area contributed by atoms with E-state index in [1.807, 2.05) is 10.6 Å². The highest BCUT2D eigenvalue weighted by Gasteiger charge is 2.40.